The molecule has 1 aliphatic heterocycles. The van der Waals surface area contributed by atoms with Gasteiger partial charge in [-0.15, -0.1) is 0 Å². The summed E-state index contributed by atoms with van der Waals surface area (Å²) in [4.78, 5) is 19.4. The van der Waals surface area contributed by atoms with E-state index in [2.05, 4.69) is 34.4 Å². The molecule has 1 N–H and O–H groups in total. The number of nitrogens with zero attached hydrogens (tertiary/aromatic N) is 2. The van der Waals surface area contributed by atoms with Crippen molar-refractivity contribution in [1.82, 2.24) is 5.32 Å². The van der Waals surface area contributed by atoms with Crippen molar-refractivity contribution in [2.24, 2.45) is 11.1 Å². The van der Waals surface area contributed by atoms with Gasteiger partial charge in [-0.25, -0.2) is 0 Å². The zero-order valence-electron chi connectivity index (χ0n) is 15.5. The van der Waals surface area contributed by atoms with Gasteiger partial charge >= 0.3 is 0 Å². The Balaban J connectivity index is 1.40. The van der Waals surface area contributed by atoms with E-state index in [0.29, 0.717) is 5.92 Å². The lowest BCUT2D eigenvalue weighted by Crippen LogP contribution is -2.42. The van der Waals surface area contributed by atoms with E-state index in [0.717, 1.165) is 38.3 Å². The van der Waals surface area contributed by atoms with Crippen LogP contribution in [0.5, 0.6) is 0 Å². The average Bonchev–Trinajstić information content (AvgIpc) is 2.68. The van der Waals surface area contributed by atoms with Crippen LogP contribution in [0.15, 0.2) is 29.4 Å². The highest BCUT2D eigenvalue weighted by atomic mass is 16.6. The molecule has 1 amide bonds. The molecule has 1 aromatic rings. The molecule has 1 saturated carbocycles. The molecule has 142 valence electrons. The number of benzene rings is 1. The van der Waals surface area contributed by atoms with Gasteiger partial charge in [0.15, 0.2) is 6.61 Å². The Kier molecular flexibility index (Phi) is 6.89. The quantitative estimate of drug-likeness (QED) is 0.626. The van der Waals surface area contributed by atoms with Crippen LogP contribution in [-0.4, -0.2) is 51.1 Å². The molecule has 2 aliphatic rings. The van der Waals surface area contributed by atoms with Crippen molar-refractivity contribution in [3.63, 3.8) is 0 Å². The first-order chi connectivity index (χ1) is 12.7. The van der Waals surface area contributed by atoms with Crippen LogP contribution in [0.2, 0.25) is 0 Å². The van der Waals surface area contributed by atoms with Gasteiger partial charge < -0.3 is 19.8 Å². The van der Waals surface area contributed by atoms with E-state index in [-0.39, 0.29) is 18.6 Å². The molecular formula is C20H29N3O3. The number of ether oxygens (including phenoxy) is 1. The molecule has 1 aromatic carbocycles. The second-order valence-corrected chi connectivity index (χ2v) is 7.13. The fourth-order valence-corrected chi connectivity index (χ4v) is 3.57. The number of carbonyl (C=O) groups excluding carboxylic acids is 1. The van der Waals surface area contributed by atoms with Crippen LogP contribution < -0.4 is 10.2 Å². The van der Waals surface area contributed by atoms with Crippen LogP contribution in [0.4, 0.5) is 5.69 Å². The zero-order valence-corrected chi connectivity index (χ0v) is 15.5. The molecule has 0 radical (unpaired) electrons. The predicted octanol–water partition coefficient (Wildman–Crippen LogP) is 2.57. The van der Waals surface area contributed by atoms with E-state index >= 15 is 0 Å². The van der Waals surface area contributed by atoms with Crippen LogP contribution in [0, 0.1) is 5.92 Å². The van der Waals surface area contributed by atoms with Crippen molar-refractivity contribution < 1.29 is 14.4 Å². The third-order valence-electron chi connectivity index (χ3n) is 5.20. The van der Waals surface area contributed by atoms with Crippen molar-refractivity contribution in [3.8, 4) is 0 Å². The first-order valence-corrected chi connectivity index (χ1v) is 9.60. The molecule has 0 aromatic heterocycles. The van der Waals surface area contributed by atoms with Crippen molar-refractivity contribution in [3.05, 3.63) is 29.8 Å². The maximum atomic E-state index is 12.0. The molecule has 6 nitrogen and oxygen atoms in total. The first-order valence-electron chi connectivity index (χ1n) is 9.60. The predicted molar refractivity (Wildman–Crippen MR) is 103 cm³/mol. The van der Waals surface area contributed by atoms with Crippen LogP contribution in [0.25, 0.3) is 0 Å². The highest BCUT2D eigenvalue weighted by Crippen LogP contribution is 2.23. The minimum atomic E-state index is -0.0939. The second kappa shape index (κ2) is 9.57. The lowest BCUT2D eigenvalue weighted by molar-refractivity contribution is -0.126. The van der Waals surface area contributed by atoms with Gasteiger partial charge in [0, 0.05) is 24.8 Å². The molecule has 6 heteroatoms. The number of anilines is 1. The highest BCUT2D eigenvalue weighted by Gasteiger charge is 2.22. The normalized spacial score (nSPS) is 23.8. The maximum Gasteiger partial charge on any atom is 0.261 e. The summed E-state index contributed by atoms with van der Waals surface area (Å²) in [7, 11) is 0. The first kappa shape index (κ1) is 18.7. The fraction of sp³-hybridized carbons (Fsp3) is 0.600. The minimum Gasteiger partial charge on any atom is -0.386 e. The van der Waals surface area contributed by atoms with E-state index in [1.54, 1.807) is 6.21 Å². The van der Waals surface area contributed by atoms with Crippen LogP contribution in [0.1, 0.15) is 38.2 Å². The third kappa shape index (κ3) is 5.46. The van der Waals surface area contributed by atoms with Crippen molar-refractivity contribution in [2.45, 2.75) is 38.6 Å². The molecule has 2 unspecified atom stereocenters. The minimum absolute atomic E-state index is 0.0361. The Labute approximate surface area is 155 Å². The Morgan fingerprint density at radius 3 is 2.73 bits per heavy atom. The lowest BCUT2D eigenvalue weighted by Gasteiger charge is -2.29. The third-order valence-corrected chi connectivity index (χ3v) is 5.20. The van der Waals surface area contributed by atoms with Crippen molar-refractivity contribution >= 4 is 17.8 Å². The summed E-state index contributed by atoms with van der Waals surface area (Å²) >= 11 is 0. The summed E-state index contributed by atoms with van der Waals surface area (Å²) in [6, 6.07) is 8.42. The Morgan fingerprint density at radius 1 is 1.27 bits per heavy atom. The molecular weight excluding hydrogens is 330 g/mol. The van der Waals surface area contributed by atoms with Crippen LogP contribution in [0.3, 0.4) is 0 Å². The summed E-state index contributed by atoms with van der Waals surface area (Å²) in [6.07, 6.45) is 6.34. The standard InChI is InChI=1S/C20H29N3O3/c1-16-4-2-3-5-19(16)22-20(24)15-26-21-14-17-6-8-18(9-7-17)23-10-12-25-13-11-23/h6-9,14,16,19H,2-5,10-13,15H2,1H3,(H,22,24). The van der Waals surface area contributed by atoms with Crippen molar-refractivity contribution in [1.29, 1.82) is 0 Å². The maximum absolute atomic E-state index is 12.0. The van der Waals surface area contributed by atoms with Crippen molar-refractivity contribution in [2.75, 3.05) is 37.8 Å². The zero-order chi connectivity index (χ0) is 18.2. The monoisotopic (exact) mass is 359 g/mol. The molecule has 1 saturated heterocycles. The summed E-state index contributed by atoms with van der Waals surface area (Å²) in [6.45, 7) is 5.56. The molecule has 2 atom stereocenters. The Hall–Kier alpha value is -2.08. The number of carbonyl (C=O) groups is 1. The Morgan fingerprint density at radius 2 is 2.00 bits per heavy atom. The summed E-state index contributed by atoms with van der Waals surface area (Å²) in [5.74, 6) is 0.449. The highest BCUT2D eigenvalue weighted by molar-refractivity contribution is 5.80. The number of rotatable bonds is 6. The van der Waals surface area contributed by atoms with Gasteiger partial charge in [0.2, 0.25) is 0 Å². The largest absolute Gasteiger partial charge is 0.386 e. The Bertz CT molecular complexity index is 597. The van der Waals surface area contributed by atoms with Gasteiger partial charge in [0.25, 0.3) is 5.91 Å². The van der Waals surface area contributed by atoms with Gasteiger partial charge in [0.1, 0.15) is 0 Å². The molecule has 0 bridgehead atoms. The van der Waals surface area contributed by atoms with Gasteiger partial charge in [-0.1, -0.05) is 37.1 Å². The van der Waals surface area contributed by atoms with E-state index < -0.39 is 0 Å². The lowest BCUT2D eigenvalue weighted by atomic mass is 9.86. The van der Waals surface area contributed by atoms with Gasteiger partial charge in [-0.3, -0.25) is 4.79 Å². The average molecular weight is 359 g/mol. The van der Waals surface area contributed by atoms with Gasteiger partial charge in [-0.2, -0.15) is 0 Å². The summed E-state index contributed by atoms with van der Waals surface area (Å²) < 4.78 is 5.37. The number of oxime groups is 1. The molecule has 26 heavy (non-hydrogen) atoms. The van der Waals surface area contributed by atoms with Gasteiger partial charge in [0.05, 0.1) is 19.4 Å². The smallest absolute Gasteiger partial charge is 0.261 e. The van der Waals surface area contributed by atoms with Gasteiger partial charge in [-0.05, 0) is 36.5 Å². The SMILES string of the molecule is CC1CCCCC1NC(=O)CON=Cc1ccc(N2CCOCC2)cc1. The molecule has 1 heterocycles. The summed E-state index contributed by atoms with van der Waals surface area (Å²) in [5, 5.41) is 6.97. The topological polar surface area (TPSA) is 63.2 Å². The molecule has 1 aliphatic carbocycles. The fourth-order valence-electron chi connectivity index (χ4n) is 3.57. The molecule has 2 fully saturated rings. The number of morpholine rings is 1. The summed E-state index contributed by atoms with van der Waals surface area (Å²) in [5.41, 5.74) is 2.13. The second-order valence-electron chi connectivity index (χ2n) is 7.13. The number of hydrogen-bond acceptors (Lipinski definition) is 5. The molecule has 3 rings (SSSR count). The van der Waals surface area contributed by atoms with Crippen LogP contribution >= 0.6 is 0 Å². The number of amides is 1. The van der Waals surface area contributed by atoms with E-state index in [4.69, 9.17) is 9.57 Å². The van der Waals surface area contributed by atoms with E-state index in [1.165, 1.54) is 24.9 Å². The van der Waals surface area contributed by atoms with E-state index in [1.807, 2.05) is 12.1 Å². The number of hydrogen-bond donors (Lipinski definition) is 1. The van der Waals surface area contributed by atoms with Crippen LogP contribution in [-0.2, 0) is 14.4 Å². The molecule has 0 spiro atoms. The van der Waals surface area contributed by atoms with E-state index in [9.17, 15) is 4.79 Å². The number of nitrogens with one attached hydrogen (secondary N) is 1.